The van der Waals surface area contributed by atoms with E-state index in [1.807, 2.05) is 0 Å². The standard InChI is InChI=1S/C10H12Br2N2O4S2/c11-6-3-8(12)10(9(13)4-6)20(17,18)14-7-1-2-19(15,16)5-7/h3-4,7,14H,1-2,5,13H2. The molecule has 0 aliphatic carbocycles. The van der Waals surface area contributed by atoms with Gasteiger partial charge < -0.3 is 5.73 Å². The molecular formula is C10H12Br2N2O4S2. The third kappa shape index (κ3) is 3.53. The Hall–Kier alpha value is -0.160. The lowest BCUT2D eigenvalue weighted by molar-refractivity contribution is 0.562. The summed E-state index contributed by atoms with van der Waals surface area (Å²) in [6.45, 7) is 0. The SMILES string of the molecule is Nc1cc(Br)cc(Br)c1S(=O)(=O)NC1CCS(=O)(=O)C1. The highest BCUT2D eigenvalue weighted by Gasteiger charge is 2.32. The Morgan fingerprint density at radius 2 is 1.95 bits per heavy atom. The number of sulfonamides is 1. The predicted octanol–water partition coefficient (Wildman–Crippen LogP) is 1.26. The van der Waals surface area contributed by atoms with Crippen molar-refractivity contribution in [3.63, 3.8) is 0 Å². The average Bonchev–Trinajstić information content (AvgIpc) is 2.54. The summed E-state index contributed by atoms with van der Waals surface area (Å²) in [5, 5.41) is 0. The molecule has 20 heavy (non-hydrogen) atoms. The summed E-state index contributed by atoms with van der Waals surface area (Å²) >= 11 is 6.37. The lowest BCUT2D eigenvalue weighted by atomic mass is 10.3. The monoisotopic (exact) mass is 446 g/mol. The van der Waals surface area contributed by atoms with Gasteiger partial charge in [0, 0.05) is 15.0 Å². The lowest BCUT2D eigenvalue weighted by Gasteiger charge is -2.14. The van der Waals surface area contributed by atoms with Crippen molar-refractivity contribution < 1.29 is 16.8 Å². The van der Waals surface area contributed by atoms with Gasteiger partial charge in [0.05, 0.1) is 17.2 Å². The topological polar surface area (TPSA) is 106 Å². The molecule has 10 heteroatoms. The van der Waals surface area contributed by atoms with Gasteiger partial charge in [-0.3, -0.25) is 0 Å². The van der Waals surface area contributed by atoms with Crippen molar-refractivity contribution in [2.24, 2.45) is 0 Å². The van der Waals surface area contributed by atoms with Crippen LogP contribution in [-0.2, 0) is 19.9 Å². The van der Waals surface area contributed by atoms with E-state index in [-0.39, 0.29) is 28.5 Å². The van der Waals surface area contributed by atoms with Crippen LogP contribution in [0, 0.1) is 0 Å². The zero-order valence-corrected chi connectivity index (χ0v) is 14.9. The van der Waals surface area contributed by atoms with Crippen LogP contribution >= 0.6 is 31.9 Å². The molecule has 1 saturated heterocycles. The molecule has 0 spiro atoms. The smallest absolute Gasteiger partial charge is 0.244 e. The second-order valence-corrected chi connectivity index (χ2v) is 10.2. The number of anilines is 1. The van der Waals surface area contributed by atoms with E-state index in [0.717, 1.165) is 0 Å². The molecular weight excluding hydrogens is 436 g/mol. The summed E-state index contributed by atoms with van der Waals surface area (Å²) in [6, 6.07) is 2.43. The van der Waals surface area contributed by atoms with Crippen molar-refractivity contribution in [2.75, 3.05) is 17.2 Å². The van der Waals surface area contributed by atoms with Crippen LogP contribution in [0.25, 0.3) is 0 Å². The number of hydrogen-bond acceptors (Lipinski definition) is 5. The van der Waals surface area contributed by atoms with Gasteiger partial charge >= 0.3 is 0 Å². The quantitative estimate of drug-likeness (QED) is 0.678. The van der Waals surface area contributed by atoms with Gasteiger partial charge in [0.15, 0.2) is 9.84 Å². The molecule has 1 aromatic carbocycles. The van der Waals surface area contributed by atoms with Gasteiger partial charge in [0.1, 0.15) is 4.90 Å². The van der Waals surface area contributed by atoms with E-state index in [4.69, 9.17) is 5.73 Å². The largest absolute Gasteiger partial charge is 0.398 e. The van der Waals surface area contributed by atoms with Crippen LogP contribution in [0.4, 0.5) is 5.69 Å². The number of halogens is 2. The van der Waals surface area contributed by atoms with Crippen molar-refractivity contribution >= 4 is 57.4 Å². The molecule has 0 amide bonds. The zero-order valence-electron chi connectivity index (χ0n) is 10.1. The molecule has 0 bridgehead atoms. The van der Waals surface area contributed by atoms with Crippen LogP contribution in [0.3, 0.4) is 0 Å². The highest BCUT2D eigenvalue weighted by Crippen LogP contribution is 2.32. The molecule has 0 aromatic heterocycles. The maximum Gasteiger partial charge on any atom is 0.244 e. The third-order valence-corrected chi connectivity index (χ3v) is 7.61. The van der Waals surface area contributed by atoms with Crippen LogP contribution < -0.4 is 10.5 Å². The van der Waals surface area contributed by atoms with E-state index in [2.05, 4.69) is 36.6 Å². The van der Waals surface area contributed by atoms with Crippen molar-refractivity contribution in [1.29, 1.82) is 0 Å². The van der Waals surface area contributed by atoms with Crippen molar-refractivity contribution in [1.82, 2.24) is 4.72 Å². The van der Waals surface area contributed by atoms with Crippen LogP contribution in [0.15, 0.2) is 26.0 Å². The second kappa shape index (κ2) is 5.56. The first-order valence-corrected chi connectivity index (χ1v) is 10.5. The first-order valence-electron chi connectivity index (χ1n) is 5.58. The van der Waals surface area contributed by atoms with Gasteiger partial charge in [-0.05, 0) is 34.5 Å². The molecule has 1 aromatic rings. The van der Waals surface area contributed by atoms with Gasteiger partial charge in [-0.1, -0.05) is 15.9 Å². The third-order valence-electron chi connectivity index (χ3n) is 2.86. The van der Waals surface area contributed by atoms with Gasteiger partial charge in [0.2, 0.25) is 10.0 Å². The second-order valence-electron chi connectivity index (χ2n) is 4.53. The fourth-order valence-electron chi connectivity index (χ4n) is 2.03. The maximum absolute atomic E-state index is 12.3. The van der Waals surface area contributed by atoms with E-state index in [1.54, 1.807) is 6.07 Å². The molecule has 1 heterocycles. The fraction of sp³-hybridized carbons (Fsp3) is 0.400. The zero-order chi connectivity index (χ0) is 15.1. The van der Waals surface area contributed by atoms with Crippen LogP contribution in [0.5, 0.6) is 0 Å². The van der Waals surface area contributed by atoms with Crippen LogP contribution in [-0.4, -0.2) is 34.4 Å². The predicted molar refractivity (Wildman–Crippen MR) is 83.6 cm³/mol. The van der Waals surface area contributed by atoms with Crippen molar-refractivity contribution in [2.45, 2.75) is 17.4 Å². The molecule has 112 valence electrons. The van der Waals surface area contributed by atoms with Crippen LogP contribution in [0.2, 0.25) is 0 Å². The molecule has 1 aliphatic heterocycles. The Balaban J connectivity index is 2.33. The number of hydrogen-bond donors (Lipinski definition) is 2. The number of sulfone groups is 1. The molecule has 1 aliphatic rings. The van der Waals surface area contributed by atoms with Crippen molar-refractivity contribution in [3.05, 3.63) is 21.1 Å². The van der Waals surface area contributed by atoms with Gasteiger partial charge in [-0.25, -0.2) is 21.6 Å². The van der Waals surface area contributed by atoms with Gasteiger partial charge in [0.25, 0.3) is 0 Å². The average molecular weight is 448 g/mol. The van der Waals surface area contributed by atoms with E-state index >= 15 is 0 Å². The summed E-state index contributed by atoms with van der Waals surface area (Å²) in [5.41, 5.74) is 5.82. The highest BCUT2D eigenvalue weighted by molar-refractivity contribution is 9.11. The Kier molecular flexibility index (Phi) is 4.51. The number of benzene rings is 1. The number of rotatable bonds is 3. The fourth-order valence-corrected chi connectivity index (χ4v) is 7.15. The first-order chi connectivity index (χ1) is 9.11. The lowest BCUT2D eigenvalue weighted by Crippen LogP contribution is -2.36. The first kappa shape index (κ1) is 16.2. The molecule has 2 rings (SSSR count). The molecule has 3 N–H and O–H groups in total. The summed E-state index contributed by atoms with van der Waals surface area (Å²) in [7, 11) is -7.03. The molecule has 0 radical (unpaired) electrons. The Morgan fingerprint density at radius 1 is 1.30 bits per heavy atom. The summed E-state index contributed by atoms with van der Waals surface area (Å²) in [6.07, 6.45) is 0.273. The van der Waals surface area contributed by atoms with Gasteiger partial charge in [-0.2, -0.15) is 0 Å². The summed E-state index contributed by atoms with van der Waals surface area (Å²) in [4.78, 5) is -0.0787. The maximum atomic E-state index is 12.3. The van der Waals surface area contributed by atoms with E-state index in [9.17, 15) is 16.8 Å². The summed E-state index contributed by atoms with van der Waals surface area (Å²) in [5.74, 6) is -0.183. The minimum atomic E-state index is -3.88. The Bertz CT molecular complexity index is 724. The molecule has 1 unspecified atom stereocenters. The van der Waals surface area contributed by atoms with Gasteiger partial charge in [-0.15, -0.1) is 0 Å². The molecule has 1 atom stereocenters. The van der Waals surface area contributed by atoms with E-state index in [1.165, 1.54) is 6.07 Å². The number of nitrogen functional groups attached to an aromatic ring is 1. The minimum absolute atomic E-state index is 0.00280. The molecule has 1 fully saturated rings. The Labute approximate surface area is 134 Å². The Morgan fingerprint density at radius 3 is 2.45 bits per heavy atom. The summed E-state index contributed by atoms with van der Waals surface area (Å²) < 4.78 is 50.7. The normalized spacial score (nSPS) is 22.0. The number of nitrogens with two attached hydrogens (primary N) is 1. The van der Waals surface area contributed by atoms with Crippen molar-refractivity contribution in [3.8, 4) is 0 Å². The van der Waals surface area contributed by atoms with E-state index < -0.39 is 25.9 Å². The molecule has 0 saturated carbocycles. The minimum Gasteiger partial charge on any atom is -0.398 e. The van der Waals surface area contributed by atoms with Crippen LogP contribution in [0.1, 0.15) is 6.42 Å². The number of nitrogens with one attached hydrogen (secondary N) is 1. The molecule has 6 nitrogen and oxygen atoms in total. The van der Waals surface area contributed by atoms with E-state index in [0.29, 0.717) is 8.95 Å². The highest BCUT2D eigenvalue weighted by atomic mass is 79.9.